The first-order chi connectivity index (χ1) is 14.1. The van der Waals surface area contributed by atoms with Crippen molar-refractivity contribution in [3.8, 4) is 0 Å². The summed E-state index contributed by atoms with van der Waals surface area (Å²) in [6.45, 7) is 0. The SMILES string of the molecule is CN=C(Nc1ccc(Cl)c(C(F)(F)F)c1)S[C@H]1CC(=O)N(c2ccc(Cl)cc2)C1=O. The van der Waals surface area contributed by atoms with E-state index in [1.165, 1.54) is 13.1 Å². The number of imide groups is 1. The maximum absolute atomic E-state index is 13.1. The van der Waals surface area contributed by atoms with E-state index < -0.39 is 27.9 Å². The minimum Gasteiger partial charge on any atom is -0.335 e. The van der Waals surface area contributed by atoms with Gasteiger partial charge in [0.15, 0.2) is 5.17 Å². The van der Waals surface area contributed by atoms with E-state index in [1.54, 1.807) is 24.3 Å². The molecule has 2 aromatic carbocycles. The molecule has 1 saturated heterocycles. The molecule has 158 valence electrons. The Labute approximate surface area is 184 Å². The van der Waals surface area contributed by atoms with Crippen LogP contribution < -0.4 is 10.2 Å². The van der Waals surface area contributed by atoms with Crippen LogP contribution in [0.1, 0.15) is 12.0 Å². The van der Waals surface area contributed by atoms with Crippen LogP contribution >= 0.6 is 35.0 Å². The molecule has 2 aromatic rings. The number of aliphatic imine (C=N–C) groups is 1. The molecule has 1 atom stereocenters. The number of amidine groups is 1. The van der Waals surface area contributed by atoms with Crippen LogP contribution in [0.15, 0.2) is 47.5 Å². The first-order valence-electron chi connectivity index (χ1n) is 8.49. The summed E-state index contributed by atoms with van der Waals surface area (Å²) in [7, 11) is 1.42. The minimum atomic E-state index is -4.61. The van der Waals surface area contributed by atoms with Crippen LogP contribution in [0.4, 0.5) is 24.5 Å². The van der Waals surface area contributed by atoms with Crippen LogP contribution in [-0.2, 0) is 15.8 Å². The Hall–Kier alpha value is -2.23. The lowest BCUT2D eigenvalue weighted by molar-refractivity contribution is -0.137. The monoisotopic (exact) mass is 475 g/mol. The highest BCUT2D eigenvalue weighted by atomic mass is 35.5. The molecule has 30 heavy (non-hydrogen) atoms. The van der Waals surface area contributed by atoms with Gasteiger partial charge in [0.1, 0.15) is 5.25 Å². The average Bonchev–Trinajstić information content (AvgIpc) is 2.96. The van der Waals surface area contributed by atoms with Gasteiger partial charge in [-0.25, -0.2) is 4.90 Å². The fourth-order valence-corrected chi connectivity index (χ4v) is 4.11. The zero-order chi connectivity index (χ0) is 22.1. The summed E-state index contributed by atoms with van der Waals surface area (Å²) in [6.07, 6.45) is -4.68. The molecule has 5 nitrogen and oxygen atoms in total. The van der Waals surface area contributed by atoms with Gasteiger partial charge in [0.2, 0.25) is 11.8 Å². The summed E-state index contributed by atoms with van der Waals surface area (Å²) >= 11 is 12.4. The molecule has 0 aliphatic carbocycles. The Morgan fingerprint density at radius 1 is 1.17 bits per heavy atom. The van der Waals surface area contributed by atoms with Crippen molar-refractivity contribution in [1.29, 1.82) is 0 Å². The van der Waals surface area contributed by atoms with Crippen molar-refractivity contribution in [3.63, 3.8) is 0 Å². The fraction of sp³-hybridized carbons (Fsp3) is 0.211. The van der Waals surface area contributed by atoms with Crippen molar-refractivity contribution in [1.82, 2.24) is 0 Å². The zero-order valence-electron chi connectivity index (χ0n) is 15.3. The van der Waals surface area contributed by atoms with Crippen LogP contribution in [0.5, 0.6) is 0 Å². The van der Waals surface area contributed by atoms with Gasteiger partial charge in [-0.05, 0) is 42.5 Å². The van der Waals surface area contributed by atoms with Crippen molar-refractivity contribution in [2.45, 2.75) is 17.8 Å². The standard InChI is InChI=1S/C19H14Cl2F3N3O2S/c1-25-18(26-11-4-7-14(21)13(8-11)19(22,23)24)30-15-9-16(28)27(17(15)29)12-5-2-10(20)3-6-12/h2-8,15H,9H2,1H3,(H,25,26)/t15-/m0/s1. The molecular formula is C19H14Cl2F3N3O2S. The Kier molecular flexibility index (Phi) is 6.64. The quantitative estimate of drug-likeness (QED) is 0.363. The lowest BCUT2D eigenvalue weighted by Crippen LogP contribution is -2.31. The number of alkyl halides is 3. The van der Waals surface area contributed by atoms with Crippen LogP contribution in [0.25, 0.3) is 0 Å². The fourth-order valence-electron chi connectivity index (χ4n) is 2.77. The molecule has 2 amide bonds. The number of rotatable bonds is 3. The first kappa shape index (κ1) is 22.5. The van der Waals surface area contributed by atoms with Crippen molar-refractivity contribution < 1.29 is 22.8 Å². The molecule has 11 heteroatoms. The van der Waals surface area contributed by atoms with E-state index in [4.69, 9.17) is 23.2 Å². The third kappa shape index (κ3) is 4.91. The number of amides is 2. The van der Waals surface area contributed by atoms with Crippen molar-refractivity contribution in [3.05, 3.63) is 58.1 Å². The summed E-state index contributed by atoms with van der Waals surface area (Å²) in [6, 6.07) is 9.60. The summed E-state index contributed by atoms with van der Waals surface area (Å²) in [4.78, 5) is 30.1. The van der Waals surface area contributed by atoms with Crippen molar-refractivity contribution in [2.75, 3.05) is 17.3 Å². The van der Waals surface area contributed by atoms with Crippen LogP contribution in [0.2, 0.25) is 10.0 Å². The number of carbonyl (C=O) groups excluding carboxylic acids is 2. The summed E-state index contributed by atoms with van der Waals surface area (Å²) in [5, 5.41) is 2.21. The maximum Gasteiger partial charge on any atom is 0.417 e. The molecule has 1 aliphatic heterocycles. The molecular weight excluding hydrogens is 462 g/mol. The minimum absolute atomic E-state index is 0.0682. The third-order valence-corrected chi connectivity index (χ3v) is 5.91. The molecule has 0 aromatic heterocycles. The van der Waals surface area contributed by atoms with E-state index in [9.17, 15) is 22.8 Å². The number of hydrogen-bond donors (Lipinski definition) is 1. The highest BCUT2D eigenvalue weighted by Gasteiger charge is 2.41. The average molecular weight is 476 g/mol. The number of thioether (sulfide) groups is 1. The first-order valence-corrected chi connectivity index (χ1v) is 10.1. The summed E-state index contributed by atoms with van der Waals surface area (Å²) in [5.41, 5.74) is -0.491. The lowest BCUT2D eigenvalue weighted by Gasteiger charge is -2.16. The molecule has 1 fully saturated rings. The largest absolute Gasteiger partial charge is 0.417 e. The Bertz CT molecular complexity index is 1010. The number of halogens is 5. The molecule has 1 heterocycles. The number of benzene rings is 2. The van der Waals surface area contributed by atoms with Gasteiger partial charge >= 0.3 is 6.18 Å². The van der Waals surface area contributed by atoms with Gasteiger partial charge in [0, 0.05) is 24.2 Å². The smallest absolute Gasteiger partial charge is 0.335 e. The second kappa shape index (κ2) is 8.87. The normalized spacial score (nSPS) is 17.6. The number of nitrogens with zero attached hydrogens (tertiary/aromatic N) is 2. The highest BCUT2D eigenvalue weighted by Crippen LogP contribution is 2.37. The predicted molar refractivity (Wildman–Crippen MR) is 113 cm³/mol. The topological polar surface area (TPSA) is 61.8 Å². The third-order valence-electron chi connectivity index (χ3n) is 4.17. The van der Waals surface area contributed by atoms with E-state index in [-0.39, 0.29) is 23.2 Å². The van der Waals surface area contributed by atoms with Crippen LogP contribution in [0, 0.1) is 0 Å². The molecule has 0 saturated carbocycles. The lowest BCUT2D eigenvalue weighted by atomic mass is 10.2. The van der Waals surface area contributed by atoms with Crippen molar-refractivity contribution in [2.24, 2.45) is 4.99 Å². The van der Waals surface area contributed by atoms with E-state index in [2.05, 4.69) is 10.3 Å². The second-order valence-electron chi connectivity index (χ2n) is 6.20. The Balaban J connectivity index is 1.75. The summed E-state index contributed by atoms with van der Waals surface area (Å²) < 4.78 is 39.2. The predicted octanol–water partition coefficient (Wildman–Crippen LogP) is 5.48. The van der Waals surface area contributed by atoms with Gasteiger partial charge in [-0.3, -0.25) is 14.6 Å². The van der Waals surface area contributed by atoms with Gasteiger partial charge in [0.25, 0.3) is 0 Å². The molecule has 1 N–H and O–H groups in total. The van der Waals surface area contributed by atoms with Crippen LogP contribution in [0.3, 0.4) is 0 Å². The van der Waals surface area contributed by atoms with Gasteiger partial charge in [0.05, 0.1) is 16.3 Å². The number of hydrogen-bond acceptors (Lipinski definition) is 4. The zero-order valence-corrected chi connectivity index (χ0v) is 17.7. The van der Waals surface area contributed by atoms with E-state index in [0.29, 0.717) is 10.7 Å². The number of nitrogens with one attached hydrogen (secondary N) is 1. The molecule has 3 rings (SSSR count). The number of carbonyl (C=O) groups is 2. The molecule has 0 unspecified atom stereocenters. The molecule has 1 aliphatic rings. The number of anilines is 2. The Morgan fingerprint density at radius 2 is 1.83 bits per heavy atom. The van der Waals surface area contributed by atoms with E-state index in [1.807, 2.05) is 0 Å². The maximum atomic E-state index is 13.1. The van der Waals surface area contributed by atoms with Gasteiger partial charge < -0.3 is 5.32 Å². The van der Waals surface area contributed by atoms with Gasteiger partial charge in [-0.15, -0.1) is 0 Å². The molecule has 0 radical (unpaired) electrons. The van der Waals surface area contributed by atoms with Crippen LogP contribution in [-0.4, -0.2) is 29.3 Å². The van der Waals surface area contributed by atoms with E-state index >= 15 is 0 Å². The second-order valence-corrected chi connectivity index (χ2v) is 8.24. The Morgan fingerprint density at radius 3 is 2.43 bits per heavy atom. The highest BCUT2D eigenvalue weighted by molar-refractivity contribution is 8.15. The van der Waals surface area contributed by atoms with Crippen molar-refractivity contribution >= 4 is 63.3 Å². The van der Waals surface area contributed by atoms with Gasteiger partial charge in [-0.2, -0.15) is 13.2 Å². The molecule has 0 bridgehead atoms. The summed E-state index contributed by atoms with van der Waals surface area (Å²) in [5.74, 6) is -0.830. The van der Waals surface area contributed by atoms with E-state index in [0.717, 1.165) is 28.8 Å². The van der Waals surface area contributed by atoms with Gasteiger partial charge in [-0.1, -0.05) is 35.0 Å². The molecule has 0 spiro atoms.